The molecule has 96 valence electrons. The maximum atomic E-state index is 11.6. The number of aliphatic carboxylic acids is 1. The second kappa shape index (κ2) is 5.53. The summed E-state index contributed by atoms with van der Waals surface area (Å²) in [6.07, 6.45) is 6.37. The van der Waals surface area contributed by atoms with Crippen molar-refractivity contribution in [1.29, 1.82) is 0 Å². The first-order chi connectivity index (χ1) is 8.65. The minimum Gasteiger partial charge on any atom is -0.481 e. The molecular formula is C13H15NO4. The van der Waals surface area contributed by atoms with Gasteiger partial charge in [0.1, 0.15) is 5.76 Å². The van der Waals surface area contributed by atoms with Crippen LogP contribution in [0.4, 0.5) is 0 Å². The van der Waals surface area contributed by atoms with Crippen LogP contribution in [0, 0.1) is 5.92 Å². The third-order valence-corrected chi connectivity index (χ3v) is 3.07. The number of hydrogen-bond acceptors (Lipinski definition) is 3. The molecule has 1 fully saturated rings. The second-order valence-corrected chi connectivity index (χ2v) is 4.40. The molecule has 1 heterocycles. The summed E-state index contributed by atoms with van der Waals surface area (Å²) in [7, 11) is 0. The second-order valence-electron chi connectivity index (χ2n) is 4.40. The lowest BCUT2D eigenvalue weighted by Gasteiger charge is -2.09. The molecule has 2 N–H and O–H groups in total. The van der Waals surface area contributed by atoms with E-state index in [4.69, 9.17) is 9.52 Å². The van der Waals surface area contributed by atoms with Crippen LogP contribution in [0.5, 0.6) is 0 Å². The number of carboxylic acid groups (broad SMARTS) is 1. The Bertz CT molecular complexity index is 450. The van der Waals surface area contributed by atoms with Crippen molar-refractivity contribution >= 4 is 18.0 Å². The Morgan fingerprint density at radius 2 is 2.28 bits per heavy atom. The van der Waals surface area contributed by atoms with Crippen molar-refractivity contribution < 1.29 is 19.1 Å². The van der Waals surface area contributed by atoms with E-state index in [2.05, 4.69) is 5.32 Å². The molecule has 0 aliphatic heterocycles. The van der Waals surface area contributed by atoms with Crippen molar-refractivity contribution in [2.75, 3.05) is 0 Å². The highest BCUT2D eigenvalue weighted by atomic mass is 16.4. The number of hydrogen-bond donors (Lipinski definition) is 2. The molecule has 0 saturated heterocycles. The van der Waals surface area contributed by atoms with Gasteiger partial charge in [0.2, 0.25) is 5.91 Å². The van der Waals surface area contributed by atoms with E-state index in [0.717, 1.165) is 6.42 Å². The Balaban J connectivity index is 1.80. The van der Waals surface area contributed by atoms with Crippen LogP contribution in [0.25, 0.3) is 6.08 Å². The monoisotopic (exact) mass is 249 g/mol. The van der Waals surface area contributed by atoms with E-state index in [-0.39, 0.29) is 17.9 Å². The Morgan fingerprint density at radius 3 is 2.89 bits per heavy atom. The number of amides is 1. The molecule has 1 aromatic heterocycles. The molecule has 0 aromatic carbocycles. The molecule has 1 amide bonds. The van der Waals surface area contributed by atoms with Gasteiger partial charge in [-0.1, -0.05) is 0 Å². The smallest absolute Gasteiger partial charge is 0.306 e. The number of carbonyl (C=O) groups excluding carboxylic acids is 1. The van der Waals surface area contributed by atoms with Gasteiger partial charge in [-0.2, -0.15) is 0 Å². The normalized spacial score (nSPS) is 23.3. The highest BCUT2D eigenvalue weighted by Gasteiger charge is 2.30. The summed E-state index contributed by atoms with van der Waals surface area (Å²) in [6.45, 7) is 0. The highest BCUT2D eigenvalue weighted by molar-refractivity contribution is 5.91. The molecular weight excluding hydrogens is 234 g/mol. The SMILES string of the molecule is O=C(/C=C/c1ccco1)N[C@H]1CC[C@@H](C(=O)O)C1. The standard InChI is InChI=1S/C13H15NO4/c15-12(6-5-11-2-1-7-18-11)14-10-4-3-9(8-10)13(16)17/h1-2,5-7,9-10H,3-4,8H2,(H,14,15)(H,16,17)/b6-5+/t9-,10+/m1/s1. The summed E-state index contributed by atoms with van der Waals surface area (Å²) in [4.78, 5) is 22.4. The van der Waals surface area contributed by atoms with Crippen molar-refractivity contribution in [2.45, 2.75) is 25.3 Å². The average Bonchev–Trinajstić information content (AvgIpc) is 2.96. The van der Waals surface area contributed by atoms with Gasteiger partial charge in [-0.25, -0.2) is 0 Å². The lowest BCUT2D eigenvalue weighted by atomic mass is 10.1. The fourth-order valence-electron chi connectivity index (χ4n) is 2.13. The zero-order valence-electron chi connectivity index (χ0n) is 9.83. The summed E-state index contributed by atoms with van der Waals surface area (Å²) in [5, 5.41) is 11.6. The maximum absolute atomic E-state index is 11.6. The van der Waals surface area contributed by atoms with Gasteiger partial charge in [0.25, 0.3) is 0 Å². The van der Waals surface area contributed by atoms with E-state index in [1.807, 2.05) is 0 Å². The van der Waals surface area contributed by atoms with Crippen LogP contribution < -0.4 is 5.32 Å². The number of furan rings is 1. The van der Waals surface area contributed by atoms with Crippen LogP contribution in [-0.4, -0.2) is 23.0 Å². The number of rotatable bonds is 4. The number of carbonyl (C=O) groups is 2. The number of carboxylic acids is 1. The van der Waals surface area contributed by atoms with Crippen LogP contribution >= 0.6 is 0 Å². The van der Waals surface area contributed by atoms with Gasteiger partial charge in [-0.15, -0.1) is 0 Å². The minimum absolute atomic E-state index is 0.0418. The summed E-state index contributed by atoms with van der Waals surface area (Å²) in [6, 6.07) is 3.45. The lowest BCUT2D eigenvalue weighted by Crippen LogP contribution is -2.31. The average molecular weight is 249 g/mol. The van der Waals surface area contributed by atoms with Crippen molar-refractivity contribution in [2.24, 2.45) is 5.92 Å². The molecule has 1 saturated carbocycles. The van der Waals surface area contributed by atoms with Crippen LogP contribution in [0.2, 0.25) is 0 Å². The molecule has 1 aromatic rings. The van der Waals surface area contributed by atoms with Gasteiger partial charge in [0, 0.05) is 12.1 Å². The third kappa shape index (κ3) is 3.23. The van der Waals surface area contributed by atoms with Gasteiger partial charge < -0.3 is 14.8 Å². The van der Waals surface area contributed by atoms with Crippen molar-refractivity contribution in [1.82, 2.24) is 5.32 Å². The van der Waals surface area contributed by atoms with Crippen molar-refractivity contribution in [3.63, 3.8) is 0 Å². The molecule has 1 aliphatic carbocycles. The van der Waals surface area contributed by atoms with E-state index >= 15 is 0 Å². The third-order valence-electron chi connectivity index (χ3n) is 3.07. The first kappa shape index (κ1) is 12.4. The largest absolute Gasteiger partial charge is 0.481 e. The minimum atomic E-state index is -0.780. The molecule has 5 nitrogen and oxygen atoms in total. The van der Waals surface area contributed by atoms with E-state index in [1.165, 1.54) is 12.3 Å². The molecule has 2 rings (SSSR count). The lowest BCUT2D eigenvalue weighted by molar-refractivity contribution is -0.141. The zero-order valence-corrected chi connectivity index (χ0v) is 9.83. The number of nitrogens with one attached hydrogen (secondary N) is 1. The molecule has 1 aliphatic rings. The van der Waals surface area contributed by atoms with Gasteiger partial charge in [0.05, 0.1) is 12.2 Å². The summed E-state index contributed by atoms with van der Waals surface area (Å²) < 4.78 is 5.06. The predicted octanol–water partition coefficient (Wildman–Crippen LogP) is 1.66. The molecule has 2 atom stereocenters. The van der Waals surface area contributed by atoms with Crippen molar-refractivity contribution in [3.05, 3.63) is 30.2 Å². The summed E-state index contributed by atoms with van der Waals surface area (Å²) in [5.41, 5.74) is 0. The van der Waals surface area contributed by atoms with E-state index in [9.17, 15) is 9.59 Å². The van der Waals surface area contributed by atoms with E-state index in [1.54, 1.807) is 18.2 Å². The van der Waals surface area contributed by atoms with Crippen LogP contribution in [0.3, 0.4) is 0 Å². The Labute approximate surface area is 104 Å². The summed E-state index contributed by atoms with van der Waals surface area (Å²) >= 11 is 0. The van der Waals surface area contributed by atoms with Gasteiger partial charge >= 0.3 is 5.97 Å². The van der Waals surface area contributed by atoms with E-state index in [0.29, 0.717) is 18.6 Å². The van der Waals surface area contributed by atoms with E-state index < -0.39 is 5.97 Å². The zero-order chi connectivity index (χ0) is 13.0. The molecule has 0 bridgehead atoms. The topological polar surface area (TPSA) is 79.5 Å². The predicted molar refractivity (Wildman–Crippen MR) is 64.6 cm³/mol. The first-order valence-electron chi connectivity index (χ1n) is 5.90. The quantitative estimate of drug-likeness (QED) is 0.795. The molecule has 5 heteroatoms. The van der Waals surface area contributed by atoms with Crippen LogP contribution in [-0.2, 0) is 9.59 Å². The van der Waals surface area contributed by atoms with Crippen LogP contribution in [0.1, 0.15) is 25.0 Å². The summed E-state index contributed by atoms with van der Waals surface area (Å²) in [5.74, 6) is -0.718. The van der Waals surface area contributed by atoms with Gasteiger partial charge in [0.15, 0.2) is 0 Å². The fourth-order valence-corrected chi connectivity index (χ4v) is 2.13. The molecule has 0 radical (unpaired) electrons. The molecule has 0 spiro atoms. The van der Waals surface area contributed by atoms with Gasteiger partial charge in [-0.05, 0) is 37.5 Å². The highest BCUT2D eigenvalue weighted by Crippen LogP contribution is 2.25. The molecule has 0 unspecified atom stereocenters. The first-order valence-corrected chi connectivity index (χ1v) is 5.90. The Morgan fingerprint density at radius 1 is 1.44 bits per heavy atom. The Kier molecular flexibility index (Phi) is 3.82. The molecule has 18 heavy (non-hydrogen) atoms. The van der Waals surface area contributed by atoms with Crippen LogP contribution in [0.15, 0.2) is 28.9 Å². The maximum Gasteiger partial charge on any atom is 0.306 e. The fraction of sp³-hybridized carbons (Fsp3) is 0.385. The van der Waals surface area contributed by atoms with Gasteiger partial charge in [-0.3, -0.25) is 9.59 Å². The Hall–Kier alpha value is -2.04. The van der Waals surface area contributed by atoms with Crippen molar-refractivity contribution in [3.8, 4) is 0 Å².